The quantitative estimate of drug-likeness (QED) is 0.630. The molecule has 0 bridgehead atoms. The van der Waals surface area contributed by atoms with E-state index in [4.69, 9.17) is 4.74 Å². The number of aromatic nitrogens is 2. The van der Waals surface area contributed by atoms with Crippen LogP contribution in [0.25, 0.3) is 10.9 Å². The molecule has 0 aliphatic carbocycles. The van der Waals surface area contributed by atoms with Crippen molar-refractivity contribution in [2.75, 3.05) is 64.3 Å². The Bertz CT molecular complexity index is 957. The van der Waals surface area contributed by atoms with E-state index >= 15 is 0 Å². The lowest BCUT2D eigenvalue weighted by molar-refractivity contribution is -0.115. The Morgan fingerprint density at radius 1 is 1.06 bits per heavy atom. The zero-order valence-corrected chi connectivity index (χ0v) is 19.1. The van der Waals surface area contributed by atoms with Gasteiger partial charge in [-0.2, -0.15) is 13.2 Å². The van der Waals surface area contributed by atoms with Crippen molar-refractivity contribution in [2.24, 2.45) is 0 Å². The Labute approximate surface area is 196 Å². The number of carbonyl (C=O) groups is 1. The molecule has 0 saturated carbocycles. The SMILES string of the molecule is O=C(NC1CCN(CCN2CCCOCC2)CC1)c1nccc2nc(NCC(F)(F)F)ccc12. The van der Waals surface area contributed by atoms with Crippen LogP contribution in [-0.4, -0.2) is 96.9 Å². The van der Waals surface area contributed by atoms with Crippen molar-refractivity contribution in [3.05, 3.63) is 30.1 Å². The van der Waals surface area contributed by atoms with Crippen LogP contribution in [0.5, 0.6) is 0 Å². The molecular formula is C23H31F3N6O2. The van der Waals surface area contributed by atoms with Gasteiger partial charge < -0.3 is 20.3 Å². The third kappa shape index (κ3) is 7.00. The molecule has 1 amide bonds. The van der Waals surface area contributed by atoms with Gasteiger partial charge in [-0.25, -0.2) is 4.98 Å². The first-order chi connectivity index (χ1) is 16.4. The maximum Gasteiger partial charge on any atom is 0.405 e. The lowest BCUT2D eigenvalue weighted by Crippen LogP contribution is -2.46. The highest BCUT2D eigenvalue weighted by atomic mass is 19.4. The number of alkyl halides is 3. The number of halogens is 3. The molecule has 34 heavy (non-hydrogen) atoms. The second kappa shape index (κ2) is 11.3. The molecule has 4 heterocycles. The molecule has 186 valence electrons. The Kier molecular flexibility index (Phi) is 8.17. The number of anilines is 1. The molecule has 2 aliphatic rings. The normalized spacial score (nSPS) is 19.1. The Balaban J connectivity index is 1.28. The van der Waals surface area contributed by atoms with E-state index in [0.29, 0.717) is 10.9 Å². The number of carbonyl (C=O) groups excluding carboxylic acids is 1. The van der Waals surface area contributed by atoms with E-state index in [2.05, 4.69) is 30.4 Å². The Morgan fingerprint density at radius 3 is 2.59 bits per heavy atom. The fourth-order valence-corrected chi connectivity index (χ4v) is 4.38. The van der Waals surface area contributed by atoms with Gasteiger partial charge >= 0.3 is 6.18 Å². The summed E-state index contributed by atoms with van der Waals surface area (Å²) in [5.74, 6) is -0.186. The van der Waals surface area contributed by atoms with Crippen molar-refractivity contribution in [3.63, 3.8) is 0 Å². The second-order valence-electron chi connectivity index (χ2n) is 8.79. The average Bonchev–Trinajstić information content (AvgIpc) is 3.10. The van der Waals surface area contributed by atoms with Gasteiger partial charge in [0.2, 0.25) is 0 Å². The molecule has 0 unspecified atom stereocenters. The fourth-order valence-electron chi connectivity index (χ4n) is 4.38. The van der Waals surface area contributed by atoms with Crippen LogP contribution in [0.1, 0.15) is 29.8 Å². The van der Waals surface area contributed by atoms with Gasteiger partial charge in [0.05, 0.1) is 12.1 Å². The van der Waals surface area contributed by atoms with Gasteiger partial charge in [-0.1, -0.05) is 0 Å². The van der Waals surface area contributed by atoms with Gasteiger partial charge in [-0.15, -0.1) is 0 Å². The zero-order valence-electron chi connectivity index (χ0n) is 19.1. The standard InChI is InChI=1S/C23H31F3N6O2/c24-23(25,26)16-28-20-3-2-18-19(30-20)4-7-27-21(18)22(33)29-17-5-9-32(10-6-17)12-11-31-8-1-14-34-15-13-31/h2-4,7,17H,1,5-6,8-16H2,(H,28,30)(H,29,33). The number of hydrogen-bond acceptors (Lipinski definition) is 7. The summed E-state index contributed by atoms with van der Waals surface area (Å²) in [7, 11) is 0. The van der Waals surface area contributed by atoms with Crippen molar-refractivity contribution in [1.29, 1.82) is 0 Å². The smallest absolute Gasteiger partial charge is 0.380 e. The first-order valence-electron chi connectivity index (χ1n) is 11.8. The Morgan fingerprint density at radius 2 is 1.82 bits per heavy atom. The van der Waals surface area contributed by atoms with Gasteiger partial charge in [0.25, 0.3) is 5.91 Å². The maximum atomic E-state index is 12.9. The summed E-state index contributed by atoms with van der Waals surface area (Å²) in [5.41, 5.74) is 0.652. The fraction of sp³-hybridized carbons (Fsp3) is 0.609. The van der Waals surface area contributed by atoms with Gasteiger partial charge in [-0.05, 0) is 37.5 Å². The molecule has 2 aliphatic heterocycles. The molecule has 2 aromatic rings. The minimum absolute atomic E-state index is 0.0630. The van der Waals surface area contributed by atoms with Crippen LogP contribution in [0.3, 0.4) is 0 Å². The number of amides is 1. The predicted molar refractivity (Wildman–Crippen MR) is 123 cm³/mol. The van der Waals surface area contributed by atoms with Crippen LogP contribution in [0.4, 0.5) is 19.0 Å². The predicted octanol–water partition coefficient (Wildman–Crippen LogP) is 2.52. The van der Waals surface area contributed by atoms with Crippen molar-refractivity contribution in [3.8, 4) is 0 Å². The first kappa shape index (κ1) is 24.6. The molecular weight excluding hydrogens is 449 g/mol. The van der Waals surface area contributed by atoms with Crippen LogP contribution in [0.15, 0.2) is 24.4 Å². The third-order valence-electron chi connectivity index (χ3n) is 6.27. The molecule has 11 heteroatoms. The Hall–Kier alpha value is -2.50. The van der Waals surface area contributed by atoms with E-state index in [0.717, 1.165) is 71.7 Å². The van der Waals surface area contributed by atoms with Crippen LogP contribution in [0, 0.1) is 0 Å². The number of fused-ring (bicyclic) bond motifs is 1. The summed E-state index contributed by atoms with van der Waals surface area (Å²) in [4.78, 5) is 26.2. The van der Waals surface area contributed by atoms with Gasteiger partial charge in [0.1, 0.15) is 18.1 Å². The van der Waals surface area contributed by atoms with Crippen molar-refractivity contribution >= 4 is 22.6 Å². The first-order valence-corrected chi connectivity index (χ1v) is 11.8. The number of nitrogens with one attached hydrogen (secondary N) is 2. The van der Waals surface area contributed by atoms with Crippen LogP contribution < -0.4 is 10.6 Å². The number of nitrogens with zero attached hydrogens (tertiary/aromatic N) is 4. The lowest BCUT2D eigenvalue weighted by Gasteiger charge is -2.33. The number of rotatable bonds is 7. The number of hydrogen-bond donors (Lipinski definition) is 2. The molecule has 2 N–H and O–H groups in total. The van der Waals surface area contributed by atoms with Gasteiger partial charge in [-0.3, -0.25) is 14.7 Å². The van der Waals surface area contributed by atoms with Crippen LogP contribution in [-0.2, 0) is 4.74 Å². The highest BCUT2D eigenvalue weighted by molar-refractivity contribution is 6.04. The molecule has 4 rings (SSSR count). The minimum atomic E-state index is -4.34. The van der Waals surface area contributed by atoms with E-state index in [9.17, 15) is 18.0 Å². The molecule has 0 atom stereocenters. The van der Waals surface area contributed by atoms with E-state index in [1.165, 1.54) is 12.3 Å². The second-order valence-corrected chi connectivity index (χ2v) is 8.79. The summed E-state index contributed by atoms with van der Waals surface area (Å²) < 4.78 is 42.9. The highest BCUT2D eigenvalue weighted by Crippen LogP contribution is 2.21. The van der Waals surface area contributed by atoms with Crippen molar-refractivity contribution in [1.82, 2.24) is 25.1 Å². The molecule has 0 spiro atoms. The molecule has 0 aromatic carbocycles. The van der Waals surface area contributed by atoms with Crippen LogP contribution >= 0.6 is 0 Å². The molecule has 0 radical (unpaired) electrons. The monoisotopic (exact) mass is 480 g/mol. The lowest BCUT2D eigenvalue weighted by atomic mass is 10.0. The summed E-state index contributed by atoms with van der Waals surface area (Å²) in [6.45, 7) is 6.45. The molecule has 2 aromatic heterocycles. The number of pyridine rings is 2. The topological polar surface area (TPSA) is 82.6 Å². The maximum absolute atomic E-state index is 12.9. The van der Waals surface area contributed by atoms with Crippen molar-refractivity contribution in [2.45, 2.75) is 31.5 Å². The number of piperidine rings is 1. The van der Waals surface area contributed by atoms with E-state index in [-0.39, 0.29) is 23.5 Å². The van der Waals surface area contributed by atoms with E-state index < -0.39 is 12.7 Å². The zero-order chi connectivity index (χ0) is 24.0. The third-order valence-corrected chi connectivity index (χ3v) is 6.27. The van der Waals surface area contributed by atoms with Gasteiger partial charge in [0.15, 0.2) is 0 Å². The molecule has 2 saturated heterocycles. The summed E-state index contributed by atoms with van der Waals surface area (Å²) in [5, 5.41) is 5.84. The van der Waals surface area contributed by atoms with Crippen molar-refractivity contribution < 1.29 is 22.7 Å². The molecule has 2 fully saturated rings. The van der Waals surface area contributed by atoms with Crippen LogP contribution in [0.2, 0.25) is 0 Å². The average molecular weight is 481 g/mol. The minimum Gasteiger partial charge on any atom is -0.380 e. The van der Waals surface area contributed by atoms with Gasteiger partial charge in [0, 0.05) is 63.5 Å². The largest absolute Gasteiger partial charge is 0.405 e. The summed E-state index contributed by atoms with van der Waals surface area (Å²) >= 11 is 0. The number of ether oxygens (including phenoxy) is 1. The summed E-state index contributed by atoms with van der Waals surface area (Å²) in [6.07, 6.45) is -0.0738. The van der Waals surface area contributed by atoms with E-state index in [1.54, 1.807) is 12.1 Å². The highest BCUT2D eigenvalue weighted by Gasteiger charge is 2.27. The summed E-state index contributed by atoms with van der Waals surface area (Å²) in [6, 6.07) is 4.66. The molecule has 8 nitrogen and oxygen atoms in total. The van der Waals surface area contributed by atoms with E-state index in [1.807, 2.05) is 0 Å². The number of likely N-dealkylation sites (tertiary alicyclic amines) is 1.